The fraction of sp³-hybridized carbons (Fsp3) is 0.143. The molecule has 1 N–H and O–H groups in total. The summed E-state index contributed by atoms with van der Waals surface area (Å²) in [7, 11) is 0. The van der Waals surface area contributed by atoms with Crippen molar-refractivity contribution in [3.63, 3.8) is 0 Å². The minimum absolute atomic E-state index is 0.152. The number of aryl methyl sites for hydroxylation is 1. The molecule has 1 aromatic heterocycles. The monoisotopic (exact) mass is 438 g/mol. The average Bonchev–Trinajstić information content (AvgIpc) is 3.29. The van der Waals surface area contributed by atoms with Crippen LogP contribution in [0.5, 0.6) is 0 Å². The maximum absolute atomic E-state index is 12.3. The highest BCUT2D eigenvalue weighted by atomic mass is 32.1. The van der Waals surface area contributed by atoms with Gasteiger partial charge < -0.3 is 5.32 Å². The van der Waals surface area contributed by atoms with Gasteiger partial charge in [-0.3, -0.25) is 4.79 Å². The van der Waals surface area contributed by atoms with E-state index in [4.69, 9.17) is 4.98 Å². The zero-order chi connectivity index (χ0) is 22.5. The van der Waals surface area contributed by atoms with Crippen molar-refractivity contribution in [3.05, 3.63) is 101 Å². The van der Waals surface area contributed by atoms with Gasteiger partial charge in [0, 0.05) is 28.3 Å². The molecule has 0 saturated heterocycles. The molecule has 0 aliphatic carbocycles. The lowest BCUT2D eigenvalue weighted by atomic mass is 10.0. The van der Waals surface area contributed by atoms with Gasteiger partial charge in [-0.15, -0.1) is 11.3 Å². The van der Waals surface area contributed by atoms with Crippen molar-refractivity contribution in [1.29, 1.82) is 0 Å². The molecule has 0 saturated carbocycles. The predicted octanol–water partition coefficient (Wildman–Crippen LogP) is 7.56. The number of benzene rings is 3. The van der Waals surface area contributed by atoms with Gasteiger partial charge in [0.15, 0.2) is 0 Å². The van der Waals surface area contributed by atoms with Crippen LogP contribution in [0.2, 0.25) is 0 Å². The first-order valence-electron chi connectivity index (χ1n) is 10.7. The predicted molar refractivity (Wildman–Crippen MR) is 136 cm³/mol. The van der Waals surface area contributed by atoms with Gasteiger partial charge in [0.1, 0.15) is 5.01 Å². The molecule has 0 bridgehead atoms. The van der Waals surface area contributed by atoms with E-state index in [1.165, 1.54) is 16.7 Å². The van der Waals surface area contributed by atoms with Crippen LogP contribution in [0.25, 0.3) is 27.9 Å². The summed E-state index contributed by atoms with van der Waals surface area (Å²) in [5, 5.41) is 6.00. The average molecular weight is 439 g/mol. The van der Waals surface area contributed by atoms with Crippen LogP contribution in [-0.2, 0) is 4.79 Å². The lowest BCUT2D eigenvalue weighted by Crippen LogP contribution is -2.07. The number of hydrogen-bond acceptors (Lipinski definition) is 3. The quantitative estimate of drug-likeness (QED) is 0.316. The van der Waals surface area contributed by atoms with E-state index in [9.17, 15) is 4.79 Å². The van der Waals surface area contributed by atoms with Crippen LogP contribution < -0.4 is 5.32 Å². The molecule has 0 spiro atoms. The van der Waals surface area contributed by atoms with E-state index < -0.39 is 0 Å². The third kappa shape index (κ3) is 5.21. The summed E-state index contributed by atoms with van der Waals surface area (Å²) >= 11 is 1.64. The molecule has 32 heavy (non-hydrogen) atoms. The van der Waals surface area contributed by atoms with Crippen molar-refractivity contribution < 1.29 is 4.79 Å². The third-order valence-corrected chi connectivity index (χ3v) is 6.23. The molecule has 0 radical (unpaired) electrons. The van der Waals surface area contributed by atoms with E-state index in [1.807, 2.05) is 54.6 Å². The molecular weight excluding hydrogens is 412 g/mol. The number of nitrogens with one attached hydrogen (secondary N) is 1. The Hall–Kier alpha value is -3.50. The van der Waals surface area contributed by atoms with Crippen molar-refractivity contribution >= 4 is 29.0 Å². The van der Waals surface area contributed by atoms with Crippen molar-refractivity contribution in [2.24, 2.45) is 0 Å². The van der Waals surface area contributed by atoms with E-state index in [-0.39, 0.29) is 5.91 Å². The number of hydrogen-bond donors (Lipinski definition) is 1. The standard InChI is InChI=1S/C28H26N2OS/c1-19(2)22-11-8-21(9-12-22)10-17-27(31)29-24-15-13-23(14-16-24)26-18-32-28(30-26)25-7-5-4-6-20(25)3/h4-19H,1-3H3,(H,29,31)/b17-10+. The second kappa shape index (κ2) is 9.75. The van der Waals surface area contributed by atoms with Gasteiger partial charge >= 0.3 is 0 Å². The topological polar surface area (TPSA) is 42.0 Å². The Balaban J connectivity index is 1.40. The summed E-state index contributed by atoms with van der Waals surface area (Å²) < 4.78 is 0. The highest BCUT2D eigenvalue weighted by Crippen LogP contribution is 2.31. The van der Waals surface area contributed by atoms with Crippen LogP contribution >= 0.6 is 11.3 Å². The van der Waals surface area contributed by atoms with Gasteiger partial charge in [0.25, 0.3) is 0 Å². The van der Waals surface area contributed by atoms with Gasteiger partial charge in [-0.25, -0.2) is 4.98 Å². The second-order valence-corrected chi connectivity index (χ2v) is 8.93. The van der Waals surface area contributed by atoms with Crippen LogP contribution in [0.3, 0.4) is 0 Å². The summed E-state index contributed by atoms with van der Waals surface area (Å²) in [4.78, 5) is 17.1. The van der Waals surface area contributed by atoms with Gasteiger partial charge in [-0.2, -0.15) is 0 Å². The largest absolute Gasteiger partial charge is 0.323 e. The number of nitrogens with zero attached hydrogens (tertiary/aromatic N) is 1. The Bertz CT molecular complexity index is 1240. The van der Waals surface area contributed by atoms with Crippen molar-refractivity contribution in [2.45, 2.75) is 26.7 Å². The highest BCUT2D eigenvalue weighted by Gasteiger charge is 2.09. The van der Waals surface area contributed by atoms with Crippen LogP contribution in [0, 0.1) is 6.92 Å². The first-order valence-corrected chi connectivity index (χ1v) is 11.6. The zero-order valence-electron chi connectivity index (χ0n) is 18.5. The van der Waals surface area contributed by atoms with Gasteiger partial charge in [0.2, 0.25) is 5.91 Å². The van der Waals surface area contributed by atoms with Crippen molar-refractivity contribution in [3.8, 4) is 21.8 Å². The molecule has 1 amide bonds. The Kier molecular flexibility index (Phi) is 6.62. The number of rotatable bonds is 6. The molecule has 4 heteroatoms. The first-order chi connectivity index (χ1) is 15.5. The van der Waals surface area contributed by atoms with E-state index in [0.29, 0.717) is 5.92 Å². The Labute approximate surface area is 193 Å². The fourth-order valence-corrected chi connectivity index (χ4v) is 4.33. The van der Waals surface area contributed by atoms with E-state index in [2.05, 4.69) is 55.7 Å². The number of carbonyl (C=O) groups excluding carboxylic acids is 1. The number of thiazole rings is 1. The number of amides is 1. The maximum Gasteiger partial charge on any atom is 0.248 e. The van der Waals surface area contributed by atoms with Gasteiger partial charge in [-0.05, 0) is 47.7 Å². The molecule has 3 nitrogen and oxygen atoms in total. The Morgan fingerprint density at radius 2 is 1.69 bits per heavy atom. The summed E-state index contributed by atoms with van der Waals surface area (Å²) in [6.07, 6.45) is 3.39. The van der Waals surface area contributed by atoms with E-state index in [0.717, 1.165) is 27.5 Å². The Morgan fingerprint density at radius 1 is 0.969 bits per heavy atom. The third-order valence-electron chi connectivity index (χ3n) is 5.36. The molecule has 1 heterocycles. The van der Waals surface area contributed by atoms with Crippen LogP contribution in [0.15, 0.2) is 84.3 Å². The molecule has 160 valence electrons. The maximum atomic E-state index is 12.3. The molecule has 4 aromatic rings. The molecule has 0 unspecified atom stereocenters. The van der Waals surface area contributed by atoms with Crippen LogP contribution in [0.1, 0.15) is 36.5 Å². The minimum Gasteiger partial charge on any atom is -0.323 e. The summed E-state index contributed by atoms with van der Waals surface area (Å²) in [5.74, 6) is 0.346. The van der Waals surface area contributed by atoms with Crippen LogP contribution in [0.4, 0.5) is 5.69 Å². The zero-order valence-corrected chi connectivity index (χ0v) is 19.3. The van der Waals surface area contributed by atoms with Crippen molar-refractivity contribution in [2.75, 3.05) is 5.32 Å². The normalized spacial score (nSPS) is 11.2. The second-order valence-electron chi connectivity index (χ2n) is 8.07. The smallest absolute Gasteiger partial charge is 0.248 e. The SMILES string of the molecule is Cc1ccccc1-c1nc(-c2ccc(NC(=O)/C=C/c3ccc(C(C)C)cc3)cc2)cs1. The van der Waals surface area contributed by atoms with Gasteiger partial charge in [-0.1, -0.05) is 74.5 Å². The highest BCUT2D eigenvalue weighted by molar-refractivity contribution is 7.13. The molecule has 4 rings (SSSR count). The lowest BCUT2D eigenvalue weighted by molar-refractivity contribution is -0.111. The van der Waals surface area contributed by atoms with Crippen LogP contribution in [-0.4, -0.2) is 10.9 Å². The molecule has 3 aromatic carbocycles. The summed E-state index contributed by atoms with van der Waals surface area (Å²) in [5.41, 5.74) is 7.41. The number of aromatic nitrogens is 1. The number of anilines is 1. The molecule has 0 aliphatic rings. The molecule has 0 atom stereocenters. The molecular formula is C28H26N2OS. The minimum atomic E-state index is -0.152. The van der Waals surface area contributed by atoms with Gasteiger partial charge in [0.05, 0.1) is 5.69 Å². The molecule has 0 fully saturated rings. The van der Waals surface area contributed by atoms with E-state index in [1.54, 1.807) is 17.4 Å². The lowest BCUT2D eigenvalue weighted by Gasteiger charge is -2.05. The van der Waals surface area contributed by atoms with Crippen molar-refractivity contribution in [1.82, 2.24) is 4.98 Å². The number of carbonyl (C=O) groups is 1. The summed E-state index contributed by atoms with van der Waals surface area (Å²) in [6.45, 7) is 6.44. The fourth-order valence-electron chi connectivity index (χ4n) is 3.42. The first kappa shape index (κ1) is 21.7. The Morgan fingerprint density at radius 3 is 2.38 bits per heavy atom. The molecule has 0 aliphatic heterocycles. The van der Waals surface area contributed by atoms with E-state index >= 15 is 0 Å². The summed E-state index contributed by atoms with van der Waals surface area (Å²) in [6, 6.07) is 24.3.